The zero-order valence-corrected chi connectivity index (χ0v) is 12.6. The molecule has 4 rings (SSSR count). The van der Waals surface area contributed by atoms with Crippen LogP contribution in [0.3, 0.4) is 0 Å². The minimum atomic E-state index is 0.498. The summed E-state index contributed by atoms with van der Waals surface area (Å²) in [4.78, 5) is 4.74. The minimum Gasteiger partial charge on any atom is -0.365 e. The largest absolute Gasteiger partial charge is 0.365 e. The molecular weight excluding hydrogens is 262 g/mol. The summed E-state index contributed by atoms with van der Waals surface area (Å²) < 4.78 is 1.82. The van der Waals surface area contributed by atoms with Crippen LogP contribution in [0.4, 0.5) is 5.82 Å². The molecular formula is C16H21N5. The van der Waals surface area contributed by atoms with Gasteiger partial charge in [0, 0.05) is 54.6 Å². The Kier molecular flexibility index (Phi) is 2.79. The Labute approximate surface area is 124 Å². The Morgan fingerprint density at radius 1 is 1.38 bits per heavy atom. The quantitative estimate of drug-likeness (QED) is 0.904. The minimum absolute atomic E-state index is 0.498. The van der Waals surface area contributed by atoms with Gasteiger partial charge in [0.15, 0.2) is 0 Å². The van der Waals surface area contributed by atoms with E-state index in [2.05, 4.69) is 34.8 Å². The second kappa shape index (κ2) is 4.56. The highest BCUT2D eigenvalue weighted by Gasteiger charge is 2.52. The Bertz CT molecular complexity index is 671. The lowest BCUT2D eigenvalue weighted by Crippen LogP contribution is -2.29. The maximum Gasteiger partial charge on any atom is 0.126 e. The van der Waals surface area contributed by atoms with Gasteiger partial charge in [0.25, 0.3) is 0 Å². The molecule has 21 heavy (non-hydrogen) atoms. The first-order valence-corrected chi connectivity index (χ1v) is 7.60. The number of pyridine rings is 1. The molecule has 1 saturated heterocycles. The summed E-state index contributed by atoms with van der Waals surface area (Å²) in [5.74, 6) is 0.986. The third-order valence-electron chi connectivity index (χ3n) is 4.88. The molecule has 0 aromatic carbocycles. The van der Waals surface area contributed by atoms with Crippen LogP contribution >= 0.6 is 0 Å². The van der Waals surface area contributed by atoms with Gasteiger partial charge in [-0.3, -0.25) is 4.68 Å². The van der Waals surface area contributed by atoms with Gasteiger partial charge in [-0.2, -0.15) is 5.10 Å². The highest BCUT2D eigenvalue weighted by atomic mass is 15.2. The number of anilines is 1. The van der Waals surface area contributed by atoms with Gasteiger partial charge >= 0.3 is 0 Å². The normalized spacial score (nSPS) is 22.7. The van der Waals surface area contributed by atoms with Crippen molar-refractivity contribution in [1.82, 2.24) is 20.1 Å². The molecule has 0 amide bonds. The Balaban J connectivity index is 1.56. The predicted octanol–water partition coefficient (Wildman–Crippen LogP) is 1.95. The SMILES string of the molecule is Cc1nc(N[C@@H]2CNCC23CC3)ccc1-c1cnn(C)c1. The second-order valence-electron chi connectivity index (χ2n) is 6.42. The van der Waals surface area contributed by atoms with Crippen LogP contribution < -0.4 is 10.6 Å². The number of aromatic nitrogens is 3. The molecule has 2 aromatic heterocycles. The summed E-state index contributed by atoms with van der Waals surface area (Å²) in [6, 6.07) is 4.75. The zero-order chi connectivity index (χ0) is 14.4. The smallest absolute Gasteiger partial charge is 0.126 e. The van der Waals surface area contributed by atoms with Gasteiger partial charge in [-0.15, -0.1) is 0 Å². The fraction of sp³-hybridized carbons (Fsp3) is 0.500. The first kappa shape index (κ1) is 12.8. The van der Waals surface area contributed by atoms with Crippen LogP contribution in [0, 0.1) is 12.3 Å². The van der Waals surface area contributed by atoms with E-state index < -0.39 is 0 Å². The molecule has 2 aromatic rings. The molecule has 1 aliphatic carbocycles. The van der Waals surface area contributed by atoms with Crippen LogP contribution in [-0.2, 0) is 7.05 Å². The third kappa shape index (κ3) is 2.21. The topological polar surface area (TPSA) is 54.8 Å². The predicted molar refractivity (Wildman–Crippen MR) is 83.1 cm³/mol. The van der Waals surface area contributed by atoms with Crippen LogP contribution in [0.5, 0.6) is 0 Å². The van der Waals surface area contributed by atoms with E-state index in [1.54, 1.807) is 0 Å². The van der Waals surface area contributed by atoms with Crippen LogP contribution in [0.15, 0.2) is 24.5 Å². The molecule has 5 heteroatoms. The molecule has 2 fully saturated rings. The van der Waals surface area contributed by atoms with Crippen molar-refractivity contribution in [3.8, 4) is 11.1 Å². The lowest BCUT2D eigenvalue weighted by atomic mass is 10.0. The summed E-state index contributed by atoms with van der Waals surface area (Å²) in [7, 11) is 1.93. The van der Waals surface area contributed by atoms with Gasteiger partial charge in [-0.05, 0) is 31.9 Å². The van der Waals surface area contributed by atoms with E-state index >= 15 is 0 Å². The molecule has 5 nitrogen and oxygen atoms in total. The van der Waals surface area contributed by atoms with Crippen LogP contribution in [0.2, 0.25) is 0 Å². The highest BCUT2D eigenvalue weighted by molar-refractivity contribution is 5.65. The van der Waals surface area contributed by atoms with E-state index in [-0.39, 0.29) is 0 Å². The monoisotopic (exact) mass is 283 g/mol. The lowest BCUT2D eigenvalue weighted by Gasteiger charge is -2.20. The molecule has 2 N–H and O–H groups in total. The average molecular weight is 283 g/mol. The van der Waals surface area contributed by atoms with E-state index in [9.17, 15) is 0 Å². The van der Waals surface area contributed by atoms with Crippen molar-refractivity contribution < 1.29 is 0 Å². The van der Waals surface area contributed by atoms with Gasteiger partial charge in [0.2, 0.25) is 0 Å². The fourth-order valence-electron chi connectivity index (χ4n) is 3.38. The van der Waals surface area contributed by atoms with E-state index in [1.807, 2.05) is 24.1 Å². The number of hydrogen-bond acceptors (Lipinski definition) is 4. The zero-order valence-electron chi connectivity index (χ0n) is 12.6. The molecule has 2 aliphatic rings. The van der Waals surface area contributed by atoms with E-state index in [4.69, 9.17) is 4.98 Å². The molecule has 0 radical (unpaired) electrons. The summed E-state index contributed by atoms with van der Waals surface area (Å²) in [6.45, 7) is 4.26. The highest BCUT2D eigenvalue weighted by Crippen LogP contribution is 2.51. The molecule has 1 atom stereocenters. The molecule has 0 unspecified atom stereocenters. The molecule has 0 bridgehead atoms. The second-order valence-corrected chi connectivity index (χ2v) is 6.42. The standard InChI is InChI=1S/C16H21N5/c1-11-13(12-7-18-21(2)9-12)3-4-15(19-11)20-14-8-17-10-16(14)5-6-16/h3-4,7,9,14,17H,5-6,8,10H2,1-2H3,(H,19,20)/t14-/m1/s1. The van der Waals surface area contributed by atoms with E-state index in [1.165, 1.54) is 12.8 Å². The van der Waals surface area contributed by atoms with Gasteiger partial charge in [0.1, 0.15) is 5.82 Å². The lowest BCUT2D eigenvalue weighted by molar-refractivity contribution is 0.523. The molecule has 3 heterocycles. The number of hydrogen-bond donors (Lipinski definition) is 2. The third-order valence-corrected chi connectivity index (χ3v) is 4.88. The Hall–Kier alpha value is -1.88. The van der Waals surface area contributed by atoms with Crippen molar-refractivity contribution in [2.24, 2.45) is 12.5 Å². The van der Waals surface area contributed by atoms with Crippen molar-refractivity contribution in [2.75, 3.05) is 18.4 Å². The maximum absolute atomic E-state index is 4.74. The van der Waals surface area contributed by atoms with Crippen molar-refractivity contribution in [3.63, 3.8) is 0 Å². The maximum atomic E-state index is 4.74. The summed E-state index contributed by atoms with van der Waals surface area (Å²) in [5.41, 5.74) is 3.82. The van der Waals surface area contributed by atoms with Crippen LogP contribution in [0.1, 0.15) is 18.5 Å². The molecule has 1 spiro atoms. The Morgan fingerprint density at radius 3 is 2.90 bits per heavy atom. The van der Waals surface area contributed by atoms with Crippen LogP contribution in [0.25, 0.3) is 11.1 Å². The van der Waals surface area contributed by atoms with Crippen molar-refractivity contribution >= 4 is 5.82 Å². The first-order valence-electron chi connectivity index (χ1n) is 7.60. The molecule has 1 aliphatic heterocycles. The Morgan fingerprint density at radius 2 is 2.24 bits per heavy atom. The summed E-state index contributed by atoms with van der Waals surface area (Å²) in [5, 5.41) is 11.4. The first-order chi connectivity index (χ1) is 10.2. The van der Waals surface area contributed by atoms with Crippen molar-refractivity contribution in [3.05, 3.63) is 30.2 Å². The number of nitrogens with one attached hydrogen (secondary N) is 2. The van der Waals surface area contributed by atoms with Gasteiger partial charge in [0.05, 0.1) is 6.20 Å². The van der Waals surface area contributed by atoms with E-state index in [0.29, 0.717) is 11.5 Å². The fourth-order valence-corrected chi connectivity index (χ4v) is 3.38. The van der Waals surface area contributed by atoms with Crippen LogP contribution in [-0.4, -0.2) is 33.9 Å². The van der Waals surface area contributed by atoms with Crippen molar-refractivity contribution in [2.45, 2.75) is 25.8 Å². The van der Waals surface area contributed by atoms with Gasteiger partial charge < -0.3 is 10.6 Å². The number of rotatable bonds is 3. The van der Waals surface area contributed by atoms with E-state index in [0.717, 1.165) is 35.7 Å². The number of aryl methyl sites for hydroxylation is 2. The summed E-state index contributed by atoms with van der Waals surface area (Å²) in [6.07, 6.45) is 6.59. The van der Waals surface area contributed by atoms with Gasteiger partial charge in [-0.25, -0.2) is 4.98 Å². The molecule has 110 valence electrons. The van der Waals surface area contributed by atoms with Crippen molar-refractivity contribution in [1.29, 1.82) is 0 Å². The summed E-state index contributed by atoms with van der Waals surface area (Å²) >= 11 is 0. The van der Waals surface area contributed by atoms with Gasteiger partial charge in [-0.1, -0.05) is 0 Å². The molecule has 1 saturated carbocycles. The number of nitrogens with zero attached hydrogens (tertiary/aromatic N) is 3. The average Bonchev–Trinajstić information content (AvgIpc) is 2.95.